The number of nitrogens with two attached hydrogens (primary N) is 1. The number of carbonyl (C=O) groups excluding carboxylic acids is 1. The molecule has 0 aromatic carbocycles. The molecule has 5 nitrogen and oxygen atoms in total. The summed E-state index contributed by atoms with van der Waals surface area (Å²) in [5.74, 6) is -0.0886. The Morgan fingerprint density at radius 1 is 1.56 bits per heavy atom. The molecule has 0 aliphatic carbocycles. The Hall–Kier alpha value is -0.720. The Labute approximate surface area is 101 Å². The van der Waals surface area contributed by atoms with Crippen molar-refractivity contribution in [3.8, 4) is 0 Å². The first-order valence-corrected chi connectivity index (χ1v) is 5.82. The topological polar surface area (TPSA) is 64.8 Å². The van der Waals surface area contributed by atoms with Gasteiger partial charge in [-0.15, -0.1) is 0 Å². The van der Waals surface area contributed by atoms with Crippen LogP contribution in [0.15, 0.2) is 0 Å². The first kappa shape index (κ1) is 13.3. The Kier molecular flexibility index (Phi) is 5.65. The highest BCUT2D eigenvalue weighted by molar-refractivity contribution is 7.80. The molecule has 92 valence electrons. The fourth-order valence-corrected chi connectivity index (χ4v) is 1.72. The maximum Gasteiger partial charge on any atom is 0.254 e. The summed E-state index contributed by atoms with van der Waals surface area (Å²) in [7, 11) is 0. The van der Waals surface area contributed by atoms with Crippen LogP contribution in [0.1, 0.15) is 13.3 Å². The maximum absolute atomic E-state index is 12.0. The quantitative estimate of drug-likeness (QED) is 0.688. The number of thiocarbonyl (C=S) groups is 1. The second kappa shape index (κ2) is 6.78. The summed E-state index contributed by atoms with van der Waals surface area (Å²) in [5.41, 5.74) is 5.46. The van der Waals surface area contributed by atoms with E-state index < -0.39 is 6.10 Å². The Morgan fingerprint density at radius 2 is 2.31 bits per heavy atom. The zero-order valence-electron chi connectivity index (χ0n) is 9.48. The SMILES string of the molecule is CCCN(CC(N)=S)C(=O)C1COCCO1. The van der Waals surface area contributed by atoms with Gasteiger partial charge in [0.2, 0.25) is 0 Å². The molecule has 0 bridgehead atoms. The molecule has 2 N–H and O–H groups in total. The third-order valence-corrected chi connectivity index (χ3v) is 2.37. The molecule has 1 rings (SSSR count). The van der Waals surface area contributed by atoms with Gasteiger partial charge in [0.1, 0.15) is 0 Å². The molecule has 1 aliphatic rings. The number of ether oxygens (including phenoxy) is 2. The minimum absolute atomic E-state index is 0.0886. The van der Waals surface area contributed by atoms with Crippen molar-refractivity contribution in [3.63, 3.8) is 0 Å². The molecule has 6 heteroatoms. The van der Waals surface area contributed by atoms with Crippen molar-refractivity contribution in [1.29, 1.82) is 0 Å². The monoisotopic (exact) mass is 246 g/mol. The Bertz CT molecular complexity index is 254. The summed E-state index contributed by atoms with van der Waals surface area (Å²) < 4.78 is 10.5. The molecule has 1 fully saturated rings. The smallest absolute Gasteiger partial charge is 0.254 e. The van der Waals surface area contributed by atoms with Gasteiger partial charge in [0.15, 0.2) is 6.10 Å². The molecular formula is C10H18N2O3S. The third-order valence-electron chi connectivity index (χ3n) is 2.24. The van der Waals surface area contributed by atoms with E-state index >= 15 is 0 Å². The average Bonchev–Trinajstić information content (AvgIpc) is 2.28. The number of carbonyl (C=O) groups is 1. The highest BCUT2D eigenvalue weighted by atomic mass is 32.1. The fraction of sp³-hybridized carbons (Fsp3) is 0.800. The Balaban J connectivity index is 2.54. The fourth-order valence-electron chi connectivity index (χ4n) is 1.56. The van der Waals surface area contributed by atoms with Gasteiger partial charge in [-0.1, -0.05) is 19.1 Å². The van der Waals surface area contributed by atoms with Crippen LogP contribution < -0.4 is 5.73 Å². The summed E-state index contributed by atoms with van der Waals surface area (Å²) >= 11 is 4.82. The number of nitrogens with zero attached hydrogens (tertiary/aromatic N) is 1. The molecule has 0 saturated carbocycles. The standard InChI is InChI=1S/C10H18N2O3S/c1-2-3-12(6-9(11)16)10(13)8-7-14-4-5-15-8/h8H,2-7H2,1H3,(H2,11,16). The molecule has 1 heterocycles. The number of amides is 1. The number of rotatable bonds is 5. The largest absolute Gasteiger partial charge is 0.392 e. The van der Waals surface area contributed by atoms with Gasteiger partial charge in [-0.3, -0.25) is 4.79 Å². The van der Waals surface area contributed by atoms with Crippen molar-refractivity contribution >= 4 is 23.1 Å². The molecule has 16 heavy (non-hydrogen) atoms. The van der Waals surface area contributed by atoms with E-state index in [0.717, 1.165) is 6.42 Å². The minimum Gasteiger partial charge on any atom is -0.392 e. The zero-order chi connectivity index (χ0) is 12.0. The lowest BCUT2D eigenvalue weighted by atomic mass is 10.2. The van der Waals surface area contributed by atoms with Gasteiger partial charge < -0.3 is 20.1 Å². The van der Waals surface area contributed by atoms with Gasteiger partial charge in [0, 0.05) is 6.54 Å². The predicted octanol–water partition coefficient (Wildman–Crippen LogP) is -0.0735. The van der Waals surface area contributed by atoms with Crippen LogP contribution in [-0.2, 0) is 14.3 Å². The van der Waals surface area contributed by atoms with Crippen molar-refractivity contribution in [2.75, 3.05) is 32.9 Å². The van der Waals surface area contributed by atoms with Crippen LogP contribution in [0.4, 0.5) is 0 Å². The van der Waals surface area contributed by atoms with Gasteiger partial charge in [-0.2, -0.15) is 0 Å². The first-order chi connectivity index (χ1) is 7.65. The van der Waals surface area contributed by atoms with Crippen LogP contribution in [0, 0.1) is 0 Å². The number of hydrogen-bond acceptors (Lipinski definition) is 4. The second-order valence-corrected chi connectivity index (χ2v) is 4.18. The van der Waals surface area contributed by atoms with E-state index in [2.05, 4.69) is 0 Å². The Morgan fingerprint density at radius 3 is 2.81 bits per heavy atom. The van der Waals surface area contributed by atoms with Gasteiger partial charge >= 0.3 is 0 Å². The van der Waals surface area contributed by atoms with Crippen molar-refractivity contribution < 1.29 is 14.3 Å². The van der Waals surface area contributed by atoms with Gasteiger partial charge in [-0.05, 0) is 6.42 Å². The van der Waals surface area contributed by atoms with Gasteiger partial charge in [0.05, 0.1) is 31.4 Å². The highest BCUT2D eigenvalue weighted by Crippen LogP contribution is 2.06. The summed E-state index contributed by atoms with van der Waals surface area (Å²) in [4.78, 5) is 14.0. The molecule has 1 unspecified atom stereocenters. The molecule has 1 atom stereocenters. The third kappa shape index (κ3) is 4.03. The lowest BCUT2D eigenvalue weighted by Crippen LogP contribution is -2.48. The van der Waals surface area contributed by atoms with E-state index in [-0.39, 0.29) is 5.91 Å². The van der Waals surface area contributed by atoms with Crippen LogP contribution in [-0.4, -0.2) is 54.8 Å². The van der Waals surface area contributed by atoms with Crippen molar-refractivity contribution in [3.05, 3.63) is 0 Å². The number of hydrogen-bond donors (Lipinski definition) is 1. The van der Waals surface area contributed by atoms with Crippen LogP contribution in [0.2, 0.25) is 0 Å². The predicted molar refractivity (Wildman–Crippen MR) is 64.2 cm³/mol. The van der Waals surface area contributed by atoms with E-state index in [1.165, 1.54) is 0 Å². The molecule has 0 radical (unpaired) electrons. The van der Waals surface area contributed by atoms with E-state index in [4.69, 9.17) is 27.4 Å². The average molecular weight is 246 g/mol. The van der Waals surface area contributed by atoms with E-state index in [1.54, 1.807) is 4.90 Å². The summed E-state index contributed by atoms with van der Waals surface area (Å²) in [6.45, 7) is 4.27. The van der Waals surface area contributed by atoms with E-state index in [1.807, 2.05) is 6.92 Å². The van der Waals surface area contributed by atoms with Gasteiger partial charge in [-0.25, -0.2) is 0 Å². The minimum atomic E-state index is -0.505. The molecule has 0 spiro atoms. The van der Waals surface area contributed by atoms with Crippen LogP contribution in [0.25, 0.3) is 0 Å². The summed E-state index contributed by atoms with van der Waals surface area (Å²) in [6, 6.07) is 0. The molecule has 1 aliphatic heterocycles. The highest BCUT2D eigenvalue weighted by Gasteiger charge is 2.27. The van der Waals surface area contributed by atoms with Crippen LogP contribution >= 0.6 is 12.2 Å². The summed E-state index contributed by atoms with van der Waals surface area (Å²) in [5, 5.41) is 0. The molecule has 0 aromatic rings. The zero-order valence-corrected chi connectivity index (χ0v) is 10.3. The van der Waals surface area contributed by atoms with E-state index in [9.17, 15) is 4.79 Å². The molecule has 1 amide bonds. The van der Waals surface area contributed by atoms with Crippen molar-refractivity contribution in [2.45, 2.75) is 19.4 Å². The van der Waals surface area contributed by atoms with Crippen molar-refractivity contribution in [1.82, 2.24) is 4.90 Å². The molecule has 0 aromatic heterocycles. The molecule has 1 saturated heterocycles. The second-order valence-electron chi connectivity index (χ2n) is 3.66. The van der Waals surface area contributed by atoms with E-state index in [0.29, 0.717) is 37.9 Å². The first-order valence-electron chi connectivity index (χ1n) is 5.41. The lowest BCUT2D eigenvalue weighted by molar-refractivity contribution is -0.157. The van der Waals surface area contributed by atoms with Gasteiger partial charge in [0.25, 0.3) is 5.91 Å². The van der Waals surface area contributed by atoms with Crippen LogP contribution in [0.5, 0.6) is 0 Å². The van der Waals surface area contributed by atoms with Crippen molar-refractivity contribution in [2.24, 2.45) is 5.73 Å². The van der Waals surface area contributed by atoms with Crippen LogP contribution in [0.3, 0.4) is 0 Å². The lowest BCUT2D eigenvalue weighted by Gasteiger charge is -2.28. The maximum atomic E-state index is 12.0. The normalized spacial score (nSPS) is 20.4. The summed E-state index contributed by atoms with van der Waals surface area (Å²) in [6.07, 6.45) is 0.358. The molecular weight excluding hydrogens is 228 g/mol.